The molecule has 0 aliphatic carbocycles. The molecule has 9 heavy (non-hydrogen) atoms. The van der Waals surface area contributed by atoms with E-state index in [1.165, 1.54) is 0 Å². The van der Waals surface area contributed by atoms with Crippen LogP contribution < -0.4 is 5.73 Å². The molecule has 54 valence electrons. The smallest absolute Gasteiger partial charge is 0.180 e. The molecule has 0 aromatic rings. The molecule has 0 bridgehead atoms. The number of Topliss-reactive ketones (excluding diaryl/α,β-unsaturated/α-hetero) is 1. The van der Waals surface area contributed by atoms with Gasteiger partial charge in [0.15, 0.2) is 5.78 Å². The monoisotopic (exact) mass is 133 g/mol. The van der Waals surface area contributed by atoms with Crippen LogP contribution in [0.25, 0.3) is 0 Å². The maximum atomic E-state index is 11.5. The predicted octanol–water partition coefficient (Wildman–Crippen LogP) is 0.652. The fraction of sp³-hybridized carbons (Fsp3) is 0.833. The van der Waals surface area contributed by atoms with E-state index in [0.717, 1.165) is 6.42 Å². The summed E-state index contributed by atoms with van der Waals surface area (Å²) in [7, 11) is 0. The van der Waals surface area contributed by atoms with Crippen LogP contribution in [-0.4, -0.2) is 18.5 Å². The van der Waals surface area contributed by atoms with Crippen molar-refractivity contribution in [3.8, 4) is 0 Å². The lowest BCUT2D eigenvalue weighted by Crippen LogP contribution is -2.31. The maximum absolute atomic E-state index is 11.5. The highest BCUT2D eigenvalue weighted by Crippen LogP contribution is 1.94. The van der Waals surface area contributed by atoms with Crippen LogP contribution in [0.5, 0.6) is 0 Å². The zero-order valence-corrected chi connectivity index (χ0v) is 5.56. The molecule has 2 nitrogen and oxygen atoms in total. The maximum Gasteiger partial charge on any atom is 0.180 e. The van der Waals surface area contributed by atoms with Gasteiger partial charge in [-0.3, -0.25) is 4.79 Å². The summed E-state index contributed by atoms with van der Waals surface area (Å²) in [4.78, 5) is 10.4. The van der Waals surface area contributed by atoms with Crippen molar-refractivity contribution < 1.29 is 9.18 Å². The van der Waals surface area contributed by atoms with Gasteiger partial charge in [0.05, 0.1) is 6.04 Å². The van der Waals surface area contributed by atoms with Crippen molar-refractivity contribution in [1.29, 1.82) is 0 Å². The minimum absolute atomic E-state index is 0.489. The van der Waals surface area contributed by atoms with Gasteiger partial charge >= 0.3 is 0 Å². The second-order valence-corrected chi connectivity index (χ2v) is 2.00. The number of hydrogen-bond donors (Lipinski definition) is 1. The SMILES string of the molecule is CCCC(N)C(=O)CF. The first-order valence-corrected chi connectivity index (χ1v) is 3.06. The van der Waals surface area contributed by atoms with E-state index < -0.39 is 18.5 Å². The molecule has 0 rings (SSSR count). The Hall–Kier alpha value is -0.440. The van der Waals surface area contributed by atoms with E-state index in [-0.39, 0.29) is 0 Å². The highest BCUT2D eigenvalue weighted by Gasteiger charge is 2.10. The standard InChI is InChI=1S/C6H12FNO/c1-2-3-5(8)6(9)4-7/h5H,2-4,8H2,1H3. The molecule has 0 saturated heterocycles. The molecule has 0 saturated carbocycles. The molecule has 0 aromatic carbocycles. The van der Waals surface area contributed by atoms with Crippen LogP contribution in [0.1, 0.15) is 19.8 Å². The lowest BCUT2D eigenvalue weighted by Gasteiger charge is -2.03. The largest absolute Gasteiger partial charge is 0.321 e. The average Bonchev–Trinajstić information content (AvgIpc) is 1.87. The molecular formula is C6H12FNO. The fourth-order valence-corrected chi connectivity index (χ4v) is 0.571. The van der Waals surface area contributed by atoms with Crippen LogP contribution in [0.15, 0.2) is 0 Å². The van der Waals surface area contributed by atoms with E-state index in [9.17, 15) is 9.18 Å². The van der Waals surface area contributed by atoms with Crippen molar-refractivity contribution in [2.24, 2.45) is 5.73 Å². The minimum Gasteiger partial charge on any atom is -0.321 e. The lowest BCUT2D eigenvalue weighted by molar-refractivity contribution is -0.121. The molecule has 0 aliphatic heterocycles. The second-order valence-electron chi connectivity index (χ2n) is 2.00. The molecule has 0 amide bonds. The first kappa shape index (κ1) is 8.56. The average molecular weight is 133 g/mol. The van der Waals surface area contributed by atoms with Crippen molar-refractivity contribution in [3.05, 3.63) is 0 Å². The Bertz CT molecular complexity index is 95.1. The van der Waals surface area contributed by atoms with Crippen molar-refractivity contribution >= 4 is 5.78 Å². The van der Waals surface area contributed by atoms with Gasteiger partial charge in [-0.1, -0.05) is 13.3 Å². The molecule has 3 heteroatoms. The second kappa shape index (κ2) is 4.44. The summed E-state index contributed by atoms with van der Waals surface area (Å²) in [6.45, 7) is 0.979. The van der Waals surface area contributed by atoms with Gasteiger partial charge in [-0.25, -0.2) is 4.39 Å². The predicted molar refractivity (Wildman–Crippen MR) is 33.9 cm³/mol. The van der Waals surface area contributed by atoms with E-state index in [4.69, 9.17) is 5.73 Å². The van der Waals surface area contributed by atoms with Gasteiger partial charge in [-0.05, 0) is 6.42 Å². The number of rotatable bonds is 4. The summed E-state index contributed by atoms with van der Waals surface area (Å²) < 4.78 is 11.5. The molecule has 0 fully saturated rings. The van der Waals surface area contributed by atoms with Gasteiger partial charge in [0.1, 0.15) is 6.67 Å². The van der Waals surface area contributed by atoms with E-state index in [1.807, 2.05) is 6.92 Å². The molecule has 2 N–H and O–H groups in total. The first-order valence-electron chi connectivity index (χ1n) is 3.06. The van der Waals surface area contributed by atoms with Crippen LogP contribution in [-0.2, 0) is 4.79 Å². The van der Waals surface area contributed by atoms with Crippen LogP contribution >= 0.6 is 0 Å². The third-order valence-corrected chi connectivity index (χ3v) is 1.14. The number of ketones is 1. The third-order valence-electron chi connectivity index (χ3n) is 1.14. The van der Waals surface area contributed by atoms with Gasteiger partial charge in [-0.15, -0.1) is 0 Å². The summed E-state index contributed by atoms with van der Waals surface area (Å²) in [5.41, 5.74) is 5.25. The van der Waals surface area contributed by atoms with E-state index in [2.05, 4.69) is 0 Å². The normalized spacial score (nSPS) is 13.2. The number of hydrogen-bond acceptors (Lipinski definition) is 2. The Labute approximate surface area is 54.2 Å². The molecule has 1 atom stereocenters. The first-order chi connectivity index (χ1) is 4.22. The summed E-state index contributed by atoms with van der Waals surface area (Å²) >= 11 is 0. The Balaban J connectivity index is 3.45. The van der Waals surface area contributed by atoms with Crippen LogP contribution in [0, 0.1) is 0 Å². The molecule has 0 radical (unpaired) electrons. The molecule has 0 spiro atoms. The topological polar surface area (TPSA) is 43.1 Å². The quantitative estimate of drug-likeness (QED) is 0.612. The highest BCUT2D eigenvalue weighted by atomic mass is 19.1. The Morgan fingerprint density at radius 2 is 2.33 bits per heavy atom. The fourth-order valence-electron chi connectivity index (χ4n) is 0.571. The van der Waals surface area contributed by atoms with Crippen molar-refractivity contribution in [2.45, 2.75) is 25.8 Å². The molecule has 0 aliphatic rings. The Kier molecular flexibility index (Phi) is 4.22. The Morgan fingerprint density at radius 3 is 2.67 bits per heavy atom. The van der Waals surface area contributed by atoms with Crippen molar-refractivity contribution in [3.63, 3.8) is 0 Å². The van der Waals surface area contributed by atoms with Gasteiger partial charge in [-0.2, -0.15) is 0 Å². The number of carbonyl (C=O) groups excluding carboxylic acids is 1. The summed E-state index contributed by atoms with van der Waals surface area (Å²) in [6, 6.07) is -0.583. The van der Waals surface area contributed by atoms with Crippen molar-refractivity contribution in [2.75, 3.05) is 6.67 Å². The highest BCUT2D eigenvalue weighted by molar-refractivity contribution is 5.84. The minimum atomic E-state index is -0.929. The van der Waals surface area contributed by atoms with Gasteiger partial charge in [0.25, 0.3) is 0 Å². The number of halogens is 1. The zero-order chi connectivity index (χ0) is 7.28. The number of carbonyl (C=O) groups is 1. The summed E-state index contributed by atoms with van der Waals surface area (Å²) in [5.74, 6) is -0.489. The van der Waals surface area contributed by atoms with Crippen LogP contribution in [0.3, 0.4) is 0 Å². The van der Waals surface area contributed by atoms with E-state index in [0.29, 0.717) is 6.42 Å². The van der Waals surface area contributed by atoms with Gasteiger partial charge in [0, 0.05) is 0 Å². The van der Waals surface area contributed by atoms with Crippen molar-refractivity contribution in [1.82, 2.24) is 0 Å². The van der Waals surface area contributed by atoms with Gasteiger partial charge in [0.2, 0.25) is 0 Å². The van der Waals surface area contributed by atoms with E-state index >= 15 is 0 Å². The third kappa shape index (κ3) is 3.19. The molecule has 1 unspecified atom stereocenters. The number of alkyl halides is 1. The van der Waals surface area contributed by atoms with Crippen LogP contribution in [0.2, 0.25) is 0 Å². The summed E-state index contributed by atoms with van der Waals surface area (Å²) in [6.07, 6.45) is 1.41. The van der Waals surface area contributed by atoms with Crippen LogP contribution in [0.4, 0.5) is 4.39 Å². The Morgan fingerprint density at radius 1 is 1.78 bits per heavy atom. The van der Waals surface area contributed by atoms with E-state index in [1.54, 1.807) is 0 Å². The molecular weight excluding hydrogens is 121 g/mol. The summed E-state index contributed by atoms with van der Waals surface area (Å²) in [5, 5.41) is 0. The lowest BCUT2D eigenvalue weighted by atomic mass is 10.1. The van der Waals surface area contributed by atoms with Gasteiger partial charge < -0.3 is 5.73 Å². The molecule has 0 aromatic heterocycles. The zero-order valence-electron chi connectivity index (χ0n) is 5.56. The number of nitrogens with two attached hydrogens (primary N) is 1. The molecule has 0 heterocycles.